The normalized spacial score (nSPS) is 15.2. The fourth-order valence-electron chi connectivity index (χ4n) is 2.50. The van der Waals surface area contributed by atoms with E-state index in [-0.39, 0.29) is 0 Å². The standard InChI is InChI=1S/C11H16N6S/c12-16-9-8-6-4-2-1-3-5-7(6)18-10(8)15-11(14-9)17-13/h1-5,12-13H2,(H2,14,15,16,17). The number of thiophene rings is 1. The minimum Gasteiger partial charge on any atom is -0.308 e. The fraction of sp³-hybridized carbons (Fsp3) is 0.455. The van der Waals surface area contributed by atoms with Gasteiger partial charge in [-0.2, -0.15) is 4.98 Å². The number of nitrogen functional groups attached to an aromatic ring is 2. The maximum atomic E-state index is 5.57. The number of hydrogen-bond acceptors (Lipinski definition) is 7. The smallest absolute Gasteiger partial charge is 0.240 e. The number of aromatic nitrogens is 2. The van der Waals surface area contributed by atoms with Crippen LogP contribution in [0, 0.1) is 0 Å². The van der Waals surface area contributed by atoms with Gasteiger partial charge in [-0.05, 0) is 31.2 Å². The van der Waals surface area contributed by atoms with Crippen molar-refractivity contribution in [3.05, 3.63) is 10.4 Å². The third-order valence-corrected chi connectivity index (χ3v) is 4.52. The lowest BCUT2D eigenvalue weighted by Crippen LogP contribution is -2.14. The van der Waals surface area contributed by atoms with Crippen LogP contribution in [0.3, 0.4) is 0 Å². The predicted octanol–water partition coefficient (Wildman–Crippen LogP) is 1.53. The highest BCUT2D eigenvalue weighted by atomic mass is 32.1. The summed E-state index contributed by atoms with van der Waals surface area (Å²) >= 11 is 1.73. The van der Waals surface area contributed by atoms with Crippen LogP contribution >= 0.6 is 11.3 Å². The lowest BCUT2D eigenvalue weighted by molar-refractivity contribution is 0.713. The molecule has 0 atom stereocenters. The number of nitrogens with two attached hydrogens (primary N) is 2. The van der Waals surface area contributed by atoms with E-state index in [9.17, 15) is 0 Å². The summed E-state index contributed by atoms with van der Waals surface area (Å²) in [6.45, 7) is 0. The van der Waals surface area contributed by atoms with E-state index >= 15 is 0 Å². The number of nitrogens with one attached hydrogen (secondary N) is 2. The molecule has 1 aliphatic carbocycles. The molecule has 0 spiro atoms. The number of nitrogens with zero attached hydrogens (tertiary/aromatic N) is 2. The molecular weight excluding hydrogens is 248 g/mol. The van der Waals surface area contributed by atoms with Crippen molar-refractivity contribution in [1.29, 1.82) is 0 Å². The summed E-state index contributed by atoms with van der Waals surface area (Å²) in [5.41, 5.74) is 6.50. The van der Waals surface area contributed by atoms with E-state index in [4.69, 9.17) is 11.7 Å². The molecule has 18 heavy (non-hydrogen) atoms. The lowest BCUT2D eigenvalue weighted by atomic mass is 10.1. The van der Waals surface area contributed by atoms with Crippen molar-refractivity contribution in [2.24, 2.45) is 11.7 Å². The molecule has 1 aliphatic rings. The molecule has 0 saturated heterocycles. The third kappa shape index (κ3) is 1.80. The monoisotopic (exact) mass is 264 g/mol. The molecule has 3 rings (SSSR count). The number of rotatable bonds is 2. The van der Waals surface area contributed by atoms with Crippen molar-refractivity contribution in [2.75, 3.05) is 10.9 Å². The number of fused-ring (bicyclic) bond motifs is 3. The molecule has 0 aliphatic heterocycles. The van der Waals surface area contributed by atoms with Gasteiger partial charge in [0, 0.05) is 4.88 Å². The Balaban J connectivity index is 2.25. The molecule has 0 amide bonds. The molecule has 2 heterocycles. The van der Waals surface area contributed by atoms with Crippen LogP contribution in [0.25, 0.3) is 10.2 Å². The predicted molar refractivity (Wildman–Crippen MR) is 74.3 cm³/mol. The van der Waals surface area contributed by atoms with Crippen LogP contribution in [0.4, 0.5) is 11.8 Å². The lowest BCUT2D eigenvalue weighted by Gasteiger charge is -2.06. The molecule has 96 valence electrons. The Morgan fingerprint density at radius 1 is 1.00 bits per heavy atom. The van der Waals surface area contributed by atoms with Crippen molar-refractivity contribution in [3.63, 3.8) is 0 Å². The van der Waals surface area contributed by atoms with Crippen LogP contribution in [0.1, 0.15) is 29.7 Å². The molecular formula is C11H16N6S. The van der Waals surface area contributed by atoms with Gasteiger partial charge >= 0.3 is 0 Å². The molecule has 0 fully saturated rings. The number of hydrogen-bond donors (Lipinski definition) is 4. The zero-order chi connectivity index (χ0) is 12.5. The molecule has 0 radical (unpaired) electrons. The van der Waals surface area contributed by atoms with Crippen LogP contribution in [-0.2, 0) is 12.8 Å². The van der Waals surface area contributed by atoms with Crippen LogP contribution in [-0.4, -0.2) is 9.97 Å². The fourth-order valence-corrected chi connectivity index (χ4v) is 3.76. The molecule has 2 aromatic heterocycles. The molecule has 6 N–H and O–H groups in total. The van der Waals surface area contributed by atoms with Gasteiger partial charge < -0.3 is 5.43 Å². The van der Waals surface area contributed by atoms with E-state index in [1.54, 1.807) is 11.3 Å². The average molecular weight is 264 g/mol. The van der Waals surface area contributed by atoms with Crippen molar-refractivity contribution >= 4 is 33.3 Å². The summed E-state index contributed by atoms with van der Waals surface area (Å²) in [6, 6.07) is 0. The van der Waals surface area contributed by atoms with Crippen molar-refractivity contribution in [3.8, 4) is 0 Å². The second-order valence-corrected chi connectivity index (χ2v) is 5.51. The zero-order valence-corrected chi connectivity index (χ0v) is 10.8. The Morgan fingerprint density at radius 3 is 2.61 bits per heavy atom. The Kier molecular flexibility index (Phi) is 3.02. The first-order chi connectivity index (χ1) is 8.83. The van der Waals surface area contributed by atoms with Gasteiger partial charge in [0.1, 0.15) is 4.83 Å². The Morgan fingerprint density at radius 2 is 1.83 bits per heavy atom. The van der Waals surface area contributed by atoms with E-state index in [2.05, 4.69) is 20.8 Å². The van der Waals surface area contributed by atoms with Crippen molar-refractivity contribution in [1.82, 2.24) is 9.97 Å². The van der Waals surface area contributed by atoms with Gasteiger partial charge in [0.15, 0.2) is 5.82 Å². The Hall–Kier alpha value is -1.44. The summed E-state index contributed by atoms with van der Waals surface area (Å²) in [5, 5.41) is 1.07. The SMILES string of the molecule is NNc1nc(NN)c2c3c(sc2n1)CCCCC3. The van der Waals surface area contributed by atoms with Gasteiger partial charge in [-0.15, -0.1) is 11.3 Å². The summed E-state index contributed by atoms with van der Waals surface area (Å²) < 4.78 is 0. The first-order valence-electron chi connectivity index (χ1n) is 6.09. The van der Waals surface area contributed by atoms with Gasteiger partial charge in [-0.1, -0.05) is 6.42 Å². The van der Waals surface area contributed by atoms with Gasteiger partial charge in [0.2, 0.25) is 5.95 Å². The largest absolute Gasteiger partial charge is 0.308 e. The van der Waals surface area contributed by atoms with Crippen LogP contribution in [0.15, 0.2) is 0 Å². The molecule has 0 saturated carbocycles. The summed E-state index contributed by atoms with van der Waals surface area (Å²) in [5.74, 6) is 12.0. The molecule has 6 nitrogen and oxygen atoms in total. The second kappa shape index (κ2) is 4.68. The number of aryl methyl sites for hydroxylation is 2. The first-order valence-corrected chi connectivity index (χ1v) is 6.90. The van der Waals surface area contributed by atoms with Crippen LogP contribution in [0.5, 0.6) is 0 Å². The van der Waals surface area contributed by atoms with Gasteiger partial charge in [-0.3, -0.25) is 5.43 Å². The van der Waals surface area contributed by atoms with Crippen LogP contribution in [0.2, 0.25) is 0 Å². The van der Waals surface area contributed by atoms with E-state index in [1.165, 1.54) is 29.7 Å². The quantitative estimate of drug-likeness (QED) is 0.373. The highest BCUT2D eigenvalue weighted by Gasteiger charge is 2.19. The van der Waals surface area contributed by atoms with Gasteiger partial charge in [0.25, 0.3) is 0 Å². The Labute approximate surface area is 109 Å². The first kappa shape index (κ1) is 11.6. The molecule has 0 unspecified atom stereocenters. The third-order valence-electron chi connectivity index (χ3n) is 3.33. The number of anilines is 2. The summed E-state index contributed by atoms with van der Waals surface area (Å²) in [4.78, 5) is 11.1. The molecule has 0 bridgehead atoms. The topological polar surface area (TPSA) is 102 Å². The van der Waals surface area contributed by atoms with E-state index < -0.39 is 0 Å². The second-order valence-electron chi connectivity index (χ2n) is 4.43. The highest BCUT2D eigenvalue weighted by molar-refractivity contribution is 7.19. The Bertz CT molecular complexity index is 578. The van der Waals surface area contributed by atoms with Gasteiger partial charge in [-0.25, -0.2) is 16.7 Å². The van der Waals surface area contributed by atoms with Crippen LogP contribution < -0.4 is 22.5 Å². The van der Waals surface area contributed by atoms with Crippen molar-refractivity contribution < 1.29 is 0 Å². The molecule has 7 heteroatoms. The van der Waals surface area contributed by atoms with E-state index in [0.29, 0.717) is 11.8 Å². The minimum absolute atomic E-state index is 0.395. The summed E-state index contributed by atoms with van der Waals surface area (Å²) in [6.07, 6.45) is 5.98. The average Bonchev–Trinajstić information content (AvgIpc) is 2.59. The minimum atomic E-state index is 0.395. The maximum absolute atomic E-state index is 5.57. The maximum Gasteiger partial charge on any atom is 0.240 e. The van der Waals surface area contributed by atoms with E-state index in [0.717, 1.165) is 23.1 Å². The summed E-state index contributed by atoms with van der Waals surface area (Å²) in [7, 11) is 0. The molecule has 0 aromatic carbocycles. The highest BCUT2D eigenvalue weighted by Crippen LogP contribution is 2.38. The van der Waals surface area contributed by atoms with E-state index in [1.807, 2.05) is 0 Å². The van der Waals surface area contributed by atoms with Gasteiger partial charge in [0.05, 0.1) is 5.39 Å². The molecule has 2 aromatic rings. The van der Waals surface area contributed by atoms with Crippen molar-refractivity contribution in [2.45, 2.75) is 32.1 Å². The number of hydrazine groups is 2. The zero-order valence-electron chi connectivity index (χ0n) is 9.99.